The van der Waals surface area contributed by atoms with Crippen LogP contribution in [0.1, 0.15) is 82.1 Å². The molecular weight excluding hydrogens is 536 g/mol. The van der Waals surface area contributed by atoms with Gasteiger partial charge in [-0.15, -0.1) is 0 Å². The van der Waals surface area contributed by atoms with Crippen LogP contribution in [0.15, 0.2) is 9.98 Å². The van der Waals surface area contributed by atoms with Gasteiger partial charge < -0.3 is 27.9 Å². The minimum Gasteiger partial charge on any atom is -0.388 e. The maximum absolute atomic E-state index is 11.2. The lowest BCUT2D eigenvalue weighted by atomic mass is 10.2. The van der Waals surface area contributed by atoms with Gasteiger partial charge in [0, 0.05) is 36.7 Å². The number of amidine groups is 1. The number of amides is 4. The van der Waals surface area contributed by atoms with Crippen molar-refractivity contribution in [1.29, 1.82) is 5.41 Å². The van der Waals surface area contributed by atoms with Gasteiger partial charge in [-0.25, -0.2) is 25.0 Å². The summed E-state index contributed by atoms with van der Waals surface area (Å²) in [5, 5.41) is 39.1. The zero-order valence-electron chi connectivity index (χ0n) is 25.2. The molecule has 0 radical (unpaired) electrons. The number of nitrogens with one attached hydrogen (secondary N) is 2. The molecule has 41 heavy (non-hydrogen) atoms. The lowest BCUT2D eigenvalue weighted by molar-refractivity contribution is -0.169. The van der Waals surface area contributed by atoms with Crippen molar-refractivity contribution in [3.63, 3.8) is 0 Å². The van der Waals surface area contributed by atoms with E-state index in [1.807, 2.05) is 13.8 Å². The van der Waals surface area contributed by atoms with Crippen molar-refractivity contribution in [2.45, 2.75) is 88.1 Å². The molecule has 242 valence electrons. The van der Waals surface area contributed by atoms with Gasteiger partial charge >= 0.3 is 6.03 Å². The first kappa shape index (κ1) is 44.5. The van der Waals surface area contributed by atoms with Gasteiger partial charge in [-0.2, -0.15) is 0 Å². The van der Waals surface area contributed by atoms with Crippen LogP contribution in [0.5, 0.6) is 0 Å². The first-order valence-corrected chi connectivity index (χ1v) is 13.0. The van der Waals surface area contributed by atoms with Crippen molar-refractivity contribution in [2.24, 2.45) is 39.0 Å². The lowest BCUT2D eigenvalue weighted by Gasteiger charge is -2.16. The number of nitrogens with two attached hydrogens (primary N) is 3. The van der Waals surface area contributed by atoms with E-state index >= 15 is 0 Å². The fraction of sp³-hybridized carbons (Fsp3) is 0.760. The van der Waals surface area contributed by atoms with E-state index in [4.69, 9.17) is 27.8 Å². The van der Waals surface area contributed by atoms with Crippen molar-refractivity contribution in [1.82, 2.24) is 20.5 Å². The summed E-state index contributed by atoms with van der Waals surface area (Å²) in [7, 11) is 0. The van der Waals surface area contributed by atoms with E-state index in [0.717, 1.165) is 5.06 Å². The molecule has 0 fully saturated rings. The number of hydroxylamine groups is 6. The quantitative estimate of drug-likeness (QED) is 0.0510. The highest BCUT2D eigenvalue weighted by Crippen LogP contribution is 2.01. The summed E-state index contributed by atoms with van der Waals surface area (Å²) in [6.45, 7) is 14.7. The Balaban J connectivity index is -0.000000249. The molecule has 4 amide bonds. The molecule has 0 atom stereocenters. The van der Waals surface area contributed by atoms with Crippen LogP contribution < -0.4 is 22.5 Å². The number of rotatable bonds is 13. The van der Waals surface area contributed by atoms with Crippen molar-refractivity contribution >= 4 is 35.4 Å². The highest BCUT2D eigenvalue weighted by atomic mass is 16.5. The van der Waals surface area contributed by atoms with Crippen LogP contribution in [0.25, 0.3) is 0 Å². The van der Waals surface area contributed by atoms with Crippen molar-refractivity contribution in [3.8, 4) is 0 Å². The van der Waals surface area contributed by atoms with Crippen LogP contribution in [-0.4, -0.2) is 98.5 Å². The van der Waals surface area contributed by atoms with Gasteiger partial charge in [-0.05, 0) is 47.0 Å². The summed E-state index contributed by atoms with van der Waals surface area (Å²) in [4.78, 5) is 40.7. The molecule has 0 heterocycles. The lowest BCUT2D eigenvalue weighted by Crippen LogP contribution is -2.41. The Labute approximate surface area is 245 Å². The Kier molecular flexibility index (Phi) is 27.7. The summed E-state index contributed by atoms with van der Waals surface area (Å²) in [6, 6.07) is -0.477. The fourth-order valence-corrected chi connectivity index (χ4v) is 2.32. The first-order valence-electron chi connectivity index (χ1n) is 13.0. The van der Waals surface area contributed by atoms with Crippen LogP contribution in [0.3, 0.4) is 0 Å². The van der Waals surface area contributed by atoms with Crippen LogP contribution in [0.4, 0.5) is 4.79 Å². The average molecular weight is 593 g/mol. The van der Waals surface area contributed by atoms with E-state index in [1.165, 1.54) is 0 Å². The van der Waals surface area contributed by atoms with Gasteiger partial charge in [-0.3, -0.25) is 30.2 Å². The Morgan fingerprint density at radius 3 is 1.66 bits per heavy atom. The van der Waals surface area contributed by atoms with Crippen LogP contribution in [0.2, 0.25) is 0 Å². The third-order valence-electron chi connectivity index (χ3n) is 4.34. The molecule has 0 unspecified atom stereocenters. The molecule has 0 saturated heterocycles. The predicted molar refractivity (Wildman–Crippen MR) is 161 cm³/mol. The predicted octanol–water partition coefficient (Wildman–Crippen LogP) is 1.97. The number of urea groups is 1. The highest BCUT2D eigenvalue weighted by Gasteiger charge is 2.14. The molecule has 0 aliphatic heterocycles. The van der Waals surface area contributed by atoms with Crippen LogP contribution in [0, 0.1) is 17.2 Å². The number of hydrogen-bond donors (Lipinski definition) is 8. The normalized spacial score (nSPS) is 10.3. The average Bonchev–Trinajstić information content (AvgIpc) is 2.83. The third-order valence-corrected chi connectivity index (χ3v) is 4.34. The Morgan fingerprint density at radius 1 is 0.805 bits per heavy atom. The van der Waals surface area contributed by atoms with Crippen LogP contribution >= 0.6 is 0 Å². The number of carbonyl (C=O) groups excluding carboxylic acids is 3. The van der Waals surface area contributed by atoms with E-state index in [1.54, 1.807) is 41.5 Å². The standard InChI is InChI=1S/C9H20N4O2.C9H18N2O2.C6H14N4O2.CH4/c1-7(2)12-9(14)13(15)6-4-5-11-8(3)10;1-7(2)9(12)11(13)6-4-5-8(3)10;1-4(2)5(11)10(12)3-9-6(7)8;/h7,15H,4-6H2,1-3H3,(H2,10,11)(H,12,14);7,10,13H,4-6H2,1-3H3;4,12H,3H2,1-2H3,(H4,7,8,9);1H4. The summed E-state index contributed by atoms with van der Waals surface area (Å²) in [5.41, 5.74) is 15.9. The zero-order chi connectivity index (χ0) is 32.0. The molecule has 0 spiro atoms. The largest absolute Gasteiger partial charge is 0.388 e. The van der Waals surface area contributed by atoms with E-state index in [2.05, 4.69) is 15.3 Å². The SMILES string of the molecule is C.CC(=N)CCCN(O)C(=O)C(C)C.CC(C)C(=O)N(O)CN=C(N)N.CC(N)=NCCCN(O)C(=O)NC(C)C. The Bertz CT molecular complexity index is 811. The van der Waals surface area contributed by atoms with E-state index in [0.29, 0.717) is 54.0 Å². The number of aliphatic imine (C=N–C) groups is 2. The minimum atomic E-state index is -0.488. The molecule has 16 nitrogen and oxygen atoms in total. The molecule has 11 N–H and O–H groups in total. The zero-order valence-corrected chi connectivity index (χ0v) is 25.2. The maximum atomic E-state index is 11.2. The summed E-state index contributed by atoms with van der Waals surface area (Å²) >= 11 is 0. The van der Waals surface area contributed by atoms with Gasteiger partial charge in [0.1, 0.15) is 6.67 Å². The number of guanidine groups is 1. The van der Waals surface area contributed by atoms with Gasteiger partial charge in [-0.1, -0.05) is 35.1 Å². The number of carbonyl (C=O) groups is 3. The van der Waals surface area contributed by atoms with E-state index in [9.17, 15) is 24.8 Å². The van der Waals surface area contributed by atoms with Crippen molar-refractivity contribution in [2.75, 3.05) is 26.3 Å². The molecule has 0 aromatic rings. The minimum absolute atomic E-state index is 0. The summed E-state index contributed by atoms with van der Waals surface area (Å²) < 4.78 is 0. The summed E-state index contributed by atoms with van der Waals surface area (Å²) in [5.74, 6) is -0.783. The van der Waals surface area contributed by atoms with Gasteiger partial charge in [0.15, 0.2) is 5.96 Å². The second-order valence-corrected chi connectivity index (χ2v) is 9.72. The molecule has 0 saturated carbocycles. The second-order valence-electron chi connectivity index (χ2n) is 9.72. The smallest absolute Gasteiger partial charge is 0.341 e. The van der Waals surface area contributed by atoms with E-state index < -0.39 is 11.9 Å². The molecular formula is C25H56N10O6. The van der Waals surface area contributed by atoms with E-state index in [-0.39, 0.29) is 50.4 Å². The molecule has 0 aliphatic rings. The molecule has 16 heteroatoms. The fourth-order valence-electron chi connectivity index (χ4n) is 2.32. The Hall–Kier alpha value is -3.50. The molecule has 0 rings (SSSR count). The monoisotopic (exact) mass is 592 g/mol. The molecule has 0 aromatic heterocycles. The highest BCUT2D eigenvalue weighted by molar-refractivity contribution is 5.79. The second kappa shape index (κ2) is 25.5. The van der Waals surface area contributed by atoms with Gasteiger partial charge in [0.05, 0.1) is 12.4 Å². The van der Waals surface area contributed by atoms with Gasteiger partial charge in [0.25, 0.3) is 0 Å². The number of nitrogens with zero attached hydrogens (tertiary/aromatic N) is 5. The maximum Gasteiger partial charge on any atom is 0.341 e. The number of hydrogen-bond acceptors (Lipinski definition) is 9. The van der Waals surface area contributed by atoms with Crippen molar-refractivity contribution in [3.05, 3.63) is 0 Å². The summed E-state index contributed by atoms with van der Waals surface area (Å²) in [6.07, 6.45) is 1.85. The first-order chi connectivity index (χ1) is 18.3. The topological polar surface area (TPSA) is 260 Å². The van der Waals surface area contributed by atoms with Crippen LogP contribution in [-0.2, 0) is 9.59 Å². The molecule has 0 aliphatic carbocycles. The molecule has 0 bridgehead atoms. The molecule has 0 aromatic carbocycles. The van der Waals surface area contributed by atoms with Gasteiger partial charge in [0.2, 0.25) is 11.8 Å². The third kappa shape index (κ3) is 29.3. The van der Waals surface area contributed by atoms with Crippen molar-refractivity contribution < 1.29 is 30.0 Å². The Morgan fingerprint density at radius 2 is 1.27 bits per heavy atom.